The number of rotatable bonds is 9. The first kappa shape index (κ1) is 24.1. The summed E-state index contributed by atoms with van der Waals surface area (Å²) in [6.45, 7) is 3.89. The molecule has 0 radical (unpaired) electrons. The summed E-state index contributed by atoms with van der Waals surface area (Å²) in [5.74, 6) is 1.03. The van der Waals surface area contributed by atoms with E-state index >= 15 is 0 Å². The summed E-state index contributed by atoms with van der Waals surface area (Å²) in [6.07, 6.45) is 0.705. The van der Waals surface area contributed by atoms with Crippen molar-refractivity contribution in [1.29, 1.82) is 0 Å². The number of para-hydroxylation sites is 1. The highest BCUT2D eigenvalue weighted by Gasteiger charge is 2.15. The Bertz CT molecular complexity index is 1240. The zero-order valence-electron chi connectivity index (χ0n) is 19.1. The first-order valence-corrected chi connectivity index (χ1v) is 11.9. The summed E-state index contributed by atoms with van der Waals surface area (Å²) in [5, 5.41) is 2.79. The van der Waals surface area contributed by atoms with Gasteiger partial charge in [0, 0.05) is 17.8 Å². The van der Waals surface area contributed by atoms with Gasteiger partial charge in [-0.1, -0.05) is 18.2 Å². The molecule has 0 heterocycles. The van der Waals surface area contributed by atoms with Gasteiger partial charge in [-0.05, 0) is 79.4 Å². The number of hydrogen-bond acceptors (Lipinski definition) is 5. The quantitative estimate of drug-likeness (QED) is 0.475. The van der Waals surface area contributed by atoms with E-state index in [4.69, 9.17) is 9.47 Å². The molecule has 3 rings (SSSR count). The van der Waals surface area contributed by atoms with Gasteiger partial charge in [0.1, 0.15) is 0 Å². The minimum atomic E-state index is -3.74. The van der Waals surface area contributed by atoms with Crippen LogP contribution >= 0.6 is 0 Å². The average Bonchev–Trinajstić information content (AvgIpc) is 2.80. The van der Waals surface area contributed by atoms with Crippen molar-refractivity contribution in [2.45, 2.75) is 31.6 Å². The third kappa shape index (κ3) is 6.04. The Balaban J connectivity index is 1.62. The highest BCUT2D eigenvalue weighted by atomic mass is 32.2. The minimum Gasteiger partial charge on any atom is -0.493 e. The van der Waals surface area contributed by atoms with E-state index in [9.17, 15) is 13.2 Å². The lowest BCUT2D eigenvalue weighted by molar-refractivity contribution is -0.116. The van der Waals surface area contributed by atoms with Crippen LogP contribution in [-0.2, 0) is 21.2 Å². The fourth-order valence-electron chi connectivity index (χ4n) is 3.36. The number of ether oxygens (including phenoxy) is 2. The number of amides is 1. The van der Waals surface area contributed by atoms with Crippen LogP contribution in [0.5, 0.6) is 11.5 Å². The van der Waals surface area contributed by atoms with Crippen molar-refractivity contribution in [2.24, 2.45) is 0 Å². The zero-order chi connectivity index (χ0) is 24.0. The second-order valence-corrected chi connectivity index (χ2v) is 9.31. The third-order valence-electron chi connectivity index (χ3n) is 5.31. The topological polar surface area (TPSA) is 93.7 Å². The normalized spacial score (nSPS) is 11.0. The first-order chi connectivity index (χ1) is 15.7. The number of hydrogen-bond donors (Lipinski definition) is 2. The summed E-state index contributed by atoms with van der Waals surface area (Å²) in [6, 6.07) is 17.0. The SMILES string of the molecule is COc1cccc(CCC(=O)Nc2ccc(S(=O)(=O)Nc3ccc(C)c(C)c3)cc2)c1OC. The van der Waals surface area contributed by atoms with E-state index in [1.807, 2.05) is 32.0 Å². The van der Waals surface area contributed by atoms with Crippen LogP contribution in [0.3, 0.4) is 0 Å². The molecule has 174 valence electrons. The predicted molar refractivity (Wildman–Crippen MR) is 130 cm³/mol. The number of aryl methyl sites for hydroxylation is 3. The molecule has 0 saturated heterocycles. The number of carbonyl (C=O) groups is 1. The zero-order valence-corrected chi connectivity index (χ0v) is 20.0. The molecule has 0 aliphatic carbocycles. The van der Waals surface area contributed by atoms with E-state index in [0.29, 0.717) is 29.3 Å². The van der Waals surface area contributed by atoms with E-state index in [2.05, 4.69) is 10.0 Å². The Morgan fingerprint density at radius 3 is 2.21 bits per heavy atom. The van der Waals surface area contributed by atoms with Gasteiger partial charge in [0.2, 0.25) is 5.91 Å². The molecule has 0 spiro atoms. The molecule has 0 aliphatic rings. The molecular formula is C25H28N2O5S. The summed E-state index contributed by atoms with van der Waals surface area (Å²) in [5.41, 5.74) is 3.97. The monoisotopic (exact) mass is 468 g/mol. The molecule has 0 fully saturated rings. The van der Waals surface area contributed by atoms with E-state index in [1.165, 1.54) is 12.1 Å². The molecular weight excluding hydrogens is 440 g/mol. The lowest BCUT2D eigenvalue weighted by Gasteiger charge is -2.13. The highest BCUT2D eigenvalue weighted by Crippen LogP contribution is 2.31. The van der Waals surface area contributed by atoms with E-state index in [0.717, 1.165) is 16.7 Å². The molecule has 1 amide bonds. The van der Waals surface area contributed by atoms with E-state index in [-0.39, 0.29) is 17.2 Å². The molecule has 3 aromatic carbocycles. The molecule has 0 saturated carbocycles. The van der Waals surface area contributed by atoms with Crippen molar-refractivity contribution >= 4 is 27.3 Å². The van der Waals surface area contributed by atoms with Gasteiger partial charge in [0.05, 0.1) is 19.1 Å². The maximum atomic E-state index is 12.7. The number of anilines is 2. The Morgan fingerprint density at radius 2 is 1.58 bits per heavy atom. The van der Waals surface area contributed by atoms with Gasteiger partial charge in [-0.25, -0.2) is 8.42 Å². The van der Waals surface area contributed by atoms with Crippen LogP contribution in [0.1, 0.15) is 23.1 Å². The first-order valence-electron chi connectivity index (χ1n) is 10.4. The number of methoxy groups -OCH3 is 2. The fourth-order valence-corrected chi connectivity index (χ4v) is 4.41. The molecule has 33 heavy (non-hydrogen) atoms. The fraction of sp³-hybridized carbons (Fsp3) is 0.240. The molecule has 7 nitrogen and oxygen atoms in total. The smallest absolute Gasteiger partial charge is 0.261 e. The van der Waals surface area contributed by atoms with Gasteiger partial charge >= 0.3 is 0 Å². The third-order valence-corrected chi connectivity index (χ3v) is 6.71. The Labute approximate surface area is 194 Å². The molecule has 8 heteroatoms. The molecule has 3 aromatic rings. The standard InChI is InChI=1S/C25H28N2O5S/c1-17-8-10-21(16-18(17)2)27-33(29,30)22-13-11-20(12-14-22)26-24(28)15-9-19-6-5-7-23(31-3)25(19)32-4/h5-8,10-14,16,27H,9,15H2,1-4H3,(H,26,28). The van der Waals surface area contributed by atoms with Crippen LogP contribution in [0, 0.1) is 13.8 Å². The molecule has 0 unspecified atom stereocenters. The maximum absolute atomic E-state index is 12.7. The van der Waals surface area contributed by atoms with Crippen molar-refractivity contribution in [3.05, 3.63) is 77.4 Å². The molecule has 0 bridgehead atoms. The van der Waals surface area contributed by atoms with Crippen molar-refractivity contribution in [1.82, 2.24) is 0 Å². The Kier molecular flexibility index (Phi) is 7.60. The Hall–Kier alpha value is -3.52. The molecule has 0 atom stereocenters. The summed E-state index contributed by atoms with van der Waals surface area (Å²) < 4.78 is 38.6. The van der Waals surface area contributed by atoms with Crippen molar-refractivity contribution < 1.29 is 22.7 Å². The van der Waals surface area contributed by atoms with Crippen LogP contribution in [0.25, 0.3) is 0 Å². The van der Waals surface area contributed by atoms with Gasteiger partial charge in [-0.2, -0.15) is 0 Å². The van der Waals surface area contributed by atoms with Crippen molar-refractivity contribution in [3.8, 4) is 11.5 Å². The highest BCUT2D eigenvalue weighted by molar-refractivity contribution is 7.92. The van der Waals surface area contributed by atoms with Crippen molar-refractivity contribution in [3.63, 3.8) is 0 Å². The van der Waals surface area contributed by atoms with E-state index < -0.39 is 10.0 Å². The summed E-state index contributed by atoms with van der Waals surface area (Å²) in [4.78, 5) is 12.5. The lowest BCUT2D eigenvalue weighted by Crippen LogP contribution is -2.14. The molecule has 2 N–H and O–H groups in total. The van der Waals surface area contributed by atoms with Gasteiger partial charge in [0.25, 0.3) is 10.0 Å². The van der Waals surface area contributed by atoms with Crippen molar-refractivity contribution in [2.75, 3.05) is 24.3 Å². The minimum absolute atomic E-state index is 0.111. The number of benzene rings is 3. The second-order valence-electron chi connectivity index (χ2n) is 7.63. The van der Waals surface area contributed by atoms with Crippen LogP contribution < -0.4 is 19.5 Å². The predicted octanol–water partition coefficient (Wildman–Crippen LogP) is 4.69. The van der Waals surface area contributed by atoms with Gasteiger partial charge in [0.15, 0.2) is 11.5 Å². The van der Waals surface area contributed by atoms with Crippen LogP contribution in [-0.4, -0.2) is 28.5 Å². The molecule has 0 aromatic heterocycles. The molecule has 0 aliphatic heterocycles. The number of sulfonamides is 1. The average molecular weight is 469 g/mol. The number of nitrogens with one attached hydrogen (secondary N) is 2. The van der Waals surface area contributed by atoms with Gasteiger partial charge in [-0.3, -0.25) is 9.52 Å². The lowest BCUT2D eigenvalue weighted by atomic mass is 10.1. The second kappa shape index (κ2) is 10.4. The number of carbonyl (C=O) groups excluding carboxylic acids is 1. The summed E-state index contributed by atoms with van der Waals surface area (Å²) in [7, 11) is -0.611. The van der Waals surface area contributed by atoms with Gasteiger partial charge in [-0.15, -0.1) is 0 Å². The summed E-state index contributed by atoms with van der Waals surface area (Å²) >= 11 is 0. The largest absolute Gasteiger partial charge is 0.493 e. The van der Waals surface area contributed by atoms with Crippen LogP contribution in [0.4, 0.5) is 11.4 Å². The van der Waals surface area contributed by atoms with Crippen LogP contribution in [0.2, 0.25) is 0 Å². The maximum Gasteiger partial charge on any atom is 0.261 e. The van der Waals surface area contributed by atoms with Crippen LogP contribution in [0.15, 0.2) is 65.6 Å². The van der Waals surface area contributed by atoms with E-state index in [1.54, 1.807) is 44.6 Å². The Morgan fingerprint density at radius 1 is 0.879 bits per heavy atom. The van der Waals surface area contributed by atoms with Gasteiger partial charge < -0.3 is 14.8 Å².